The molecule has 41 heavy (non-hydrogen) atoms. The number of methoxy groups -OCH3 is 1. The minimum absolute atomic E-state index is 0.0710. The van der Waals surface area contributed by atoms with Crippen molar-refractivity contribution in [1.82, 2.24) is 5.32 Å². The zero-order valence-corrected chi connectivity index (χ0v) is 25.1. The van der Waals surface area contributed by atoms with Crippen LogP contribution in [-0.4, -0.2) is 61.1 Å². The minimum Gasteiger partial charge on any atom is -0.491 e. The predicted molar refractivity (Wildman–Crippen MR) is 158 cm³/mol. The zero-order valence-electron chi connectivity index (χ0n) is 25.1. The molecule has 0 heterocycles. The van der Waals surface area contributed by atoms with Crippen molar-refractivity contribution in [1.29, 1.82) is 0 Å². The maximum atomic E-state index is 13.3. The van der Waals surface area contributed by atoms with E-state index in [0.717, 1.165) is 23.5 Å². The van der Waals surface area contributed by atoms with Crippen molar-refractivity contribution in [3.63, 3.8) is 0 Å². The van der Waals surface area contributed by atoms with Gasteiger partial charge in [-0.2, -0.15) is 0 Å². The van der Waals surface area contributed by atoms with Crippen LogP contribution in [0.5, 0.6) is 5.75 Å². The number of aryl methyl sites for hydroxylation is 2. The Morgan fingerprint density at radius 3 is 2.24 bits per heavy atom. The van der Waals surface area contributed by atoms with E-state index in [2.05, 4.69) is 28.1 Å². The number of carbonyl (C=O) groups is 3. The molecule has 2 aromatic carbocycles. The average molecular weight is 570 g/mol. The van der Waals surface area contributed by atoms with Crippen LogP contribution >= 0.6 is 0 Å². The van der Waals surface area contributed by atoms with Gasteiger partial charge >= 0.3 is 12.0 Å². The summed E-state index contributed by atoms with van der Waals surface area (Å²) in [7, 11) is 1.56. The summed E-state index contributed by atoms with van der Waals surface area (Å²) < 4.78 is 16.5. The molecule has 0 aromatic heterocycles. The largest absolute Gasteiger partial charge is 0.491 e. The number of hydrogen-bond donors (Lipinski definition) is 4. The van der Waals surface area contributed by atoms with Gasteiger partial charge in [-0.25, -0.2) is 9.59 Å². The molecular formula is C31H43N3O7. The number of anilines is 2. The molecule has 0 spiro atoms. The predicted octanol–water partition coefficient (Wildman–Crippen LogP) is 5.31. The molecule has 1 saturated carbocycles. The van der Waals surface area contributed by atoms with Gasteiger partial charge in [-0.15, -0.1) is 0 Å². The van der Waals surface area contributed by atoms with E-state index in [9.17, 15) is 19.5 Å². The fraction of sp³-hybridized carbons (Fsp3) is 0.516. The Balaban J connectivity index is 1.83. The van der Waals surface area contributed by atoms with E-state index >= 15 is 0 Å². The van der Waals surface area contributed by atoms with E-state index in [4.69, 9.17) is 14.2 Å². The third kappa shape index (κ3) is 9.75. The lowest BCUT2D eigenvalue weighted by atomic mass is 10.0. The van der Waals surface area contributed by atoms with Gasteiger partial charge in [-0.3, -0.25) is 4.79 Å². The normalized spacial score (nSPS) is 14.6. The van der Waals surface area contributed by atoms with Crippen molar-refractivity contribution in [2.45, 2.75) is 78.6 Å². The Morgan fingerprint density at radius 1 is 1.02 bits per heavy atom. The molecule has 4 N–H and O–H groups in total. The standard InChI is InChI=1S/C31H43N3O7/c1-18-14-22(16-21-8-9-21)15-19(2)26(18)34-30(38)32-25-17-23(40-13-12-39-7)10-11-24(25)28(35)33-27(29(36)37)20(3)41-31(4,5)6/h10-11,14-15,17,20-21,27H,8-9,12-13,16H2,1-7H3,(H,33,35)(H,36,37)(H2,32,34,38). The highest BCUT2D eigenvalue weighted by Crippen LogP contribution is 2.34. The molecular weight excluding hydrogens is 526 g/mol. The fourth-order valence-corrected chi connectivity index (χ4v) is 4.67. The summed E-state index contributed by atoms with van der Waals surface area (Å²) in [5.41, 5.74) is 3.46. The molecule has 10 heteroatoms. The van der Waals surface area contributed by atoms with E-state index in [1.807, 2.05) is 13.8 Å². The van der Waals surface area contributed by atoms with Crippen molar-refractivity contribution >= 4 is 29.3 Å². The van der Waals surface area contributed by atoms with Crippen LogP contribution in [0.3, 0.4) is 0 Å². The second-order valence-electron chi connectivity index (χ2n) is 11.6. The summed E-state index contributed by atoms with van der Waals surface area (Å²) in [5.74, 6) is -0.761. The highest BCUT2D eigenvalue weighted by molar-refractivity contribution is 6.07. The highest BCUT2D eigenvalue weighted by atomic mass is 16.5. The third-order valence-corrected chi connectivity index (χ3v) is 6.65. The van der Waals surface area contributed by atoms with Gasteiger partial charge in [-0.05, 0) is 95.5 Å². The average Bonchev–Trinajstić information content (AvgIpc) is 3.67. The van der Waals surface area contributed by atoms with Crippen LogP contribution in [0.2, 0.25) is 0 Å². The van der Waals surface area contributed by atoms with Gasteiger partial charge in [0.05, 0.1) is 29.6 Å². The number of amides is 3. The number of carbonyl (C=O) groups excluding carboxylic acids is 2. The van der Waals surface area contributed by atoms with Gasteiger partial charge in [0.1, 0.15) is 12.4 Å². The van der Waals surface area contributed by atoms with Crippen LogP contribution < -0.4 is 20.7 Å². The molecule has 3 amide bonds. The Morgan fingerprint density at radius 2 is 1.68 bits per heavy atom. The van der Waals surface area contributed by atoms with E-state index in [1.54, 1.807) is 40.9 Å². The third-order valence-electron chi connectivity index (χ3n) is 6.65. The topological polar surface area (TPSA) is 135 Å². The van der Waals surface area contributed by atoms with Crippen molar-refractivity contribution in [3.05, 3.63) is 52.6 Å². The van der Waals surface area contributed by atoms with E-state index in [1.165, 1.54) is 30.5 Å². The van der Waals surface area contributed by atoms with Crippen LogP contribution in [-0.2, 0) is 20.7 Å². The molecule has 1 fully saturated rings. The number of urea groups is 1. The van der Waals surface area contributed by atoms with Gasteiger partial charge in [0.15, 0.2) is 6.04 Å². The van der Waals surface area contributed by atoms with E-state index < -0.39 is 35.7 Å². The molecule has 2 unspecified atom stereocenters. The first-order valence-corrected chi connectivity index (χ1v) is 13.9. The lowest BCUT2D eigenvalue weighted by Gasteiger charge is -2.29. The second-order valence-corrected chi connectivity index (χ2v) is 11.6. The molecule has 2 aromatic rings. The molecule has 1 aliphatic rings. The first-order valence-electron chi connectivity index (χ1n) is 13.9. The molecule has 10 nitrogen and oxygen atoms in total. The molecule has 3 rings (SSSR count). The number of carboxylic acid groups (broad SMARTS) is 1. The summed E-state index contributed by atoms with van der Waals surface area (Å²) >= 11 is 0. The van der Waals surface area contributed by atoms with Crippen LogP contribution in [0.15, 0.2) is 30.3 Å². The maximum Gasteiger partial charge on any atom is 0.328 e. The van der Waals surface area contributed by atoms with Gasteiger partial charge in [0, 0.05) is 18.9 Å². The monoisotopic (exact) mass is 569 g/mol. The Kier molecular flexibility index (Phi) is 10.8. The lowest BCUT2D eigenvalue weighted by Crippen LogP contribution is -2.50. The van der Waals surface area contributed by atoms with Gasteiger partial charge in [-0.1, -0.05) is 12.1 Å². The first-order chi connectivity index (χ1) is 19.3. The quantitative estimate of drug-likeness (QED) is 0.240. The molecule has 2 atom stereocenters. The van der Waals surface area contributed by atoms with Crippen LogP contribution in [0.1, 0.15) is 67.6 Å². The Hall–Kier alpha value is -3.63. The van der Waals surface area contributed by atoms with Crippen molar-refractivity contribution in [3.8, 4) is 5.75 Å². The summed E-state index contributed by atoms with van der Waals surface area (Å²) in [6, 6.07) is 6.89. The van der Waals surface area contributed by atoms with Gasteiger partial charge in [0.25, 0.3) is 5.91 Å². The fourth-order valence-electron chi connectivity index (χ4n) is 4.67. The number of rotatable bonds is 13. The Labute approximate surface area is 242 Å². The number of ether oxygens (including phenoxy) is 3. The van der Waals surface area contributed by atoms with Crippen molar-refractivity contribution in [2.75, 3.05) is 31.0 Å². The van der Waals surface area contributed by atoms with E-state index in [-0.39, 0.29) is 17.9 Å². The first kappa shape index (κ1) is 31.9. The van der Waals surface area contributed by atoms with Crippen molar-refractivity contribution < 1.29 is 33.7 Å². The second kappa shape index (κ2) is 13.8. The molecule has 0 radical (unpaired) electrons. The molecule has 1 aliphatic carbocycles. The minimum atomic E-state index is -1.32. The smallest absolute Gasteiger partial charge is 0.328 e. The summed E-state index contributed by atoms with van der Waals surface area (Å²) in [4.78, 5) is 38.5. The molecule has 0 aliphatic heterocycles. The summed E-state index contributed by atoms with van der Waals surface area (Å²) in [6.07, 6.45) is 2.75. The molecule has 0 bridgehead atoms. The van der Waals surface area contributed by atoms with Crippen LogP contribution in [0.25, 0.3) is 0 Å². The maximum absolute atomic E-state index is 13.3. The van der Waals surface area contributed by atoms with Gasteiger partial charge in [0.2, 0.25) is 0 Å². The number of carboxylic acids is 1. The number of hydrogen-bond acceptors (Lipinski definition) is 6. The molecule has 224 valence electrons. The van der Waals surface area contributed by atoms with Crippen LogP contribution in [0, 0.1) is 19.8 Å². The van der Waals surface area contributed by atoms with E-state index in [0.29, 0.717) is 18.0 Å². The lowest BCUT2D eigenvalue weighted by molar-refractivity contribution is -0.146. The van der Waals surface area contributed by atoms with Gasteiger partial charge < -0.3 is 35.3 Å². The number of benzene rings is 2. The summed E-state index contributed by atoms with van der Waals surface area (Å²) in [6.45, 7) is 11.5. The SMILES string of the molecule is COCCOc1ccc(C(=O)NC(C(=O)O)C(C)OC(C)(C)C)c(NC(=O)Nc2c(C)cc(CC3CC3)cc2C)c1. The zero-order chi connectivity index (χ0) is 30.3. The van der Waals surface area contributed by atoms with Crippen molar-refractivity contribution in [2.24, 2.45) is 5.92 Å². The highest BCUT2D eigenvalue weighted by Gasteiger charge is 2.31. The summed E-state index contributed by atoms with van der Waals surface area (Å²) in [5, 5.41) is 18.0. The Bertz CT molecular complexity index is 1230. The number of aliphatic carboxylic acids is 1. The molecule has 0 saturated heterocycles. The number of nitrogens with one attached hydrogen (secondary N) is 3. The van der Waals surface area contributed by atoms with Crippen LogP contribution in [0.4, 0.5) is 16.2 Å².